The lowest BCUT2D eigenvalue weighted by atomic mass is 10.1. The molecular formula is C17H13N3S. The van der Waals surface area contributed by atoms with Gasteiger partial charge in [0.15, 0.2) is 0 Å². The van der Waals surface area contributed by atoms with Crippen molar-refractivity contribution < 1.29 is 0 Å². The maximum absolute atomic E-state index is 4.52. The van der Waals surface area contributed by atoms with Crippen LogP contribution < -0.4 is 0 Å². The van der Waals surface area contributed by atoms with Gasteiger partial charge in [-0.1, -0.05) is 36.0 Å². The van der Waals surface area contributed by atoms with Crippen molar-refractivity contribution in [3.8, 4) is 0 Å². The van der Waals surface area contributed by atoms with Crippen molar-refractivity contribution in [3.05, 3.63) is 60.4 Å². The van der Waals surface area contributed by atoms with E-state index < -0.39 is 0 Å². The molecule has 1 aromatic carbocycles. The van der Waals surface area contributed by atoms with Crippen molar-refractivity contribution in [2.75, 3.05) is 6.54 Å². The Labute approximate surface area is 126 Å². The highest BCUT2D eigenvalue weighted by molar-refractivity contribution is 7.99. The van der Waals surface area contributed by atoms with Gasteiger partial charge in [0.05, 0.1) is 6.54 Å². The fraction of sp³-hybridized carbons (Fsp3) is 0.0588. The third-order valence-corrected chi connectivity index (χ3v) is 4.41. The number of hydrogen-bond donors (Lipinski definition) is 1. The van der Waals surface area contributed by atoms with Crippen molar-refractivity contribution in [1.29, 1.82) is 0 Å². The number of H-pyrrole nitrogens is 1. The number of aromatic nitrogens is 2. The van der Waals surface area contributed by atoms with E-state index in [0.717, 1.165) is 22.5 Å². The van der Waals surface area contributed by atoms with E-state index in [1.165, 1.54) is 16.0 Å². The van der Waals surface area contributed by atoms with E-state index in [1.54, 1.807) is 11.8 Å². The lowest BCUT2D eigenvalue weighted by Gasteiger charge is -2.02. The summed E-state index contributed by atoms with van der Waals surface area (Å²) in [7, 11) is 0. The number of hydrogen-bond acceptors (Lipinski definition) is 3. The molecule has 1 N–H and O–H groups in total. The van der Waals surface area contributed by atoms with Gasteiger partial charge in [-0.2, -0.15) is 0 Å². The summed E-state index contributed by atoms with van der Waals surface area (Å²) in [5.74, 6) is 0. The van der Waals surface area contributed by atoms with Crippen molar-refractivity contribution in [2.45, 2.75) is 9.79 Å². The topological polar surface area (TPSA) is 41.0 Å². The molecule has 4 heteroatoms. The average Bonchev–Trinajstić information content (AvgIpc) is 3.16. The van der Waals surface area contributed by atoms with E-state index in [0.29, 0.717) is 0 Å². The smallest absolute Gasteiger partial charge is 0.137 e. The molecule has 3 aromatic rings. The first kappa shape index (κ1) is 12.4. The van der Waals surface area contributed by atoms with Crippen LogP contribution >= 0.6 is 11.8 Å². The van der Waals surface area contributed by atoms with Gasteiger partial charge in [-0.3, -0.25) is 4.99 Å². The lowest BCUT2D eigenvalue weighted by molar-refractivity contribution is 1.26. The number of nitrogens with one attached hydrogen (secondary N) is 1. The van der Waals surface area contributed by atoms with Gasteiger partial charge in [-0.05, 0) is 23.8 Å². The normalized spacial score (nSPS) is 13.8. The van der Waals surface area contributed by atoms with Crippen LogP contribution in [0.2, 0.25) is 0 Å². The monoisotopic (exact) mass is 291 g/mol. The summed E-state index contributed by atoms with van der Waals surface area (Å²) in [6, 6.07) is 12.5. The Bertz CT molecular complexity index is 847. The number of benzene rings is 1. The van der Waals surface area contributed by atoms with Crippen LogP contribution in [0, 0.1) is 0 Å². The molecule has 0 radical (unpaired) electrons. The Morgan fingerprint density at radius 1 is 1.10 bits per heavy atom. The molecule has 1 aliphatic rings. The number of pyridine rings is 1. The van der Waals surface area contributed by atoms with Crippen LogP contribution in [-0.4, -0.2) is 22.7 Å². The molecule has 3 heterocycles. The zero-order chi connectivity index (χ0) is 14.1. The number of allylic oxidation sites excluding steroid dienone is 1. The highest BCUT2D eigenvalue weighted by atomic mass is 32.2. The minimum atomic E-state index is 0.772. The molecule has 102 valence electrons. The molecule has 0 saturated carbocycles. The number of nitrogens with zero attached hydrogens (tertiary/aromatic N) is 2. The standard InChI is InChI=1S/C17H13N3S/c1-2-4-13(5-3-1)21-14-8-15-16(12-6-7-18-9-12)11-20-17(15)19-10-14/h1-6,8-11H,7H2,(H,19,20). The SMILES string of the molecule is C1=NCC=C1c1c[nH]c2ncc(Sc3ccccc3)cc12. The second-order valence-corrected chi connectivity index (χ2v) is 5.99. The molecule has 0 fully saturated rings. The zero-order valence-electron chi connectivity index (χ0n) is 11.3. The van der Waals surface area contributed by atoms with Crippen LogP contribution in [0.15, 0.2) is 69.7 Å². The first-order chi connectivity index (χ1) is 10.4. The predicted molar refractivity (Wildman–Crippen MR) is 88.0 cm³/mol. The molecule has 2 aromatic heterocycles. The van der Waals surface area contributed by atoms with Gasteiger partial charge in [0.2, 0.25) is 0 Å². The van der Waals surface area contributed by atoms with E-state index in [1.807, 2.05) is 24.7 Å². The van der Waals surface area contributed by atoms with E-state index >= 15 is 0 Å². The van der Waals surface area contributed by atoms with Gasteiger partial charge in [0.1, 0.15) is 5.65 Å². The summed E-state index contributed by atoms with van der Waals surface area (Å²) in [6.45, 7) is 0.772. The quantitative estimate of drug-likeness (QED) is 0.786. The second kappa shape index (κ2) is 5.22. The highest BCUT2D eigenvalue weighted by Gasteiger charge is 2.11. The summed E-state index contributed by atoms with van der Waals surface area (Å²) >= 11 is 1.73. The Balaban J connectivity index is 1.75. The molecule has 3 nitrogen and oxygen atoms in total. The van der Waals surface area contributed by atoms with Gasteiger partial charge in [0.25, 0.3) is 0 Å². The first-order valence-corrected chi connectivity index (χ1v) is 7.62. The molecule has 0 spiro atoms. The summed E-state index contributed by atoms with van der Waals surface area (Å²) in [5.41, 5.74) is 3.27. The third-order valence-electron chi connectivity index (χ3n) is 3.44. The van der Waals surface area contributed by atoms with Gasteiger partial charge in [0, 0.05) is 39.3 Å². The second-order valence-electron chi connectivity index (χ2n) is 4.84. The molecule has 0 amide bonds. The minimum absolute atomic E-state index is 0.772. The van der Waals surface area contributed by atoms with Crippen LogP contribution in [0.1, 0.15) is 5.56 Å². The third kappa shape index (κ3) is 2.38. The number of rotatable bonds is 3. The molecule has 21 heavy (non-hydrogen) atoms. The van der Waals surface area contributed by atoms with Gasteiger partial charge >= 0.3 is 0 Å². The van der Waals surface area contributed by atoms with Gasteiger partial charge < -0.3 is 4.98 Å². The number of aliphatic imine (C=N–C) groups is 1. The maximum Gasteiger partial charge on any atom is 0.137 e. The highest BCUT2D eigenvalue weighted by Crippen LogP contribution is 2.31. The molecular weight excluding hydrogens is 278 g/mol. The summed E-state index contributed by atoms with van der Waals surface area (Å²) < 4.78 is 0. The van der Waals surface area contributed by atoms with Crippen molar-refractivity contribution >= 4 is 34.6 Å². The maximum atomic E-state index is 4.52. The van der Waals surface area contributed by atoms with E-state index in [2.05, 4.69) is 51.4 Å². The largest absolute Gasteiger partial charge is 0.346 e. The lowest BCUT2D eigenvalue weighted by Crippen LogP contribution is -1.83. The zero-order valence-corrected chi connectivity index (χ0v) is 12.1. The van der Waals surface area contributed by atoms with Crippen molar-refractivity contribution in [2.24, 2.45) is 4.99 Å². The van der Waals surface area contributed by atoms with Crippen molar-refractivity contribution in [1.82, 2.24) is 9.97 Å². The van der Waals surface area contributed by atoms with Crippen LogP contribution in [0.5, 0.6) is 0 Å². The van der Waals surface area contributed by atoms with Crippen LogP contribution in [-0.2, 0) is 0 Å². The van der Waals surface area contributed by atoms with Crippen LogP contribution in [0.3, 0.4) is 0 Å². The summed E-state index contributed by atoms with van der Waals surface area (Å²) in [5, 5.41) is 1.15. The summed E-state index contributed by atoms with van der Waals surface area (Å²) in [6.07, 6.45) is 7.99. The summed E-state index contributed by atoms with van der Waals surface area (Å²) in [4.78, 5) is 14.4. The Morgan fingerprint density at radius 3 is 2.81 bits per heavy atom. The molecule has 0 unspecified atom stereocenters. The van der Waals surface area contributed by atoms with E-state index in [4.69, 9.17) is 0 Å². The van der Waals surface area contributed by atoms with E-state index in [9.17, 15) is 0 Å². The minimum Gasteiger partial charge on any atom is -0.346 e. The van der Waals surface area contributed by atoms with Crippen LogP contribution in [0.4, 0.5) is 0 Å². The Hall–Kier alpha value is -2.33. The fourth-order valence-electron chi connectivity index (χ4n) is 2.44. The molecule has 0 saturated heterocycles. The molecule has 0 aliphatic carbocycles. The Morgan fingerprint density at radius 2 is 2.00 bits per heavy atom. The molecule has 0 bridgehead atoms. The fourth-order valence-corrected chi connectivity index (χ4v) is 3.29. The Kier molecular flexibility index (Phi) is 3.09. The molecule has 1 aliphatic heterocycles. The van der Waals surface area contributed by atoms with Gasteiger partial charge in [-0.15, -0.1) is 0 Å². The predicted octanol–water partition coefficient (Wildman–Crippen LogP) is 4.18. The number of aromatic amines is 1. The molecule has 0 atom stereocenters. The van der Waals surface area contributed by atoms with Gasteiger partial charge in [-0.25, -0.2) is 4.98 Å². The number of fused-ring (bicyclic) bond motifs is 1. The van der Waals surface area contributed by atoms with Crippen molar-refractivity contribution in [3.63, 3.8) is 0 Å². The average molecular weight is 291 g/mol. The van der Waals surface area contributed by atoms with Crippen LogP contribution in [0.25, 0.3) is 16.6 Å². The molecule has 4 rings (SSSR count). The first-order valence-electron chi connectivity index (χ1n) is 6.80. The van der Waals surface area contributed by atoms with E-state index in [-0.39, 0.29) is 0 Å².